The zero-order chi connectivity index (χ0) is 13.2. The largest absolute Gasteiger partial charge is 0.401 e. The molecule has 1 aromatic carbocycles. The Morgan fingerprint density at radius 2 is 1.83 bits per heavy atom. The van der Waals surface area contributed by atoms with Gasteiger partial charge in [-0.25, -0.2) is 0 Å². The Bertz CT molecular complexity index is 374. The molecule has 1 aliphatic rings. The molecular weight excluding hydrogens is 241 g/mol. The van der Waals surface area contributed by atoms with E-state index in [1.54, 1.807) is 0 Å². The van der Waals surface area contributed by atoms with Crippen molar-refractivity contribution in [3.05, 3.63) is 35.9 Å². The summed E-state index contributed by atoms with van der Waals surface area (Å²) < 4.78 is 37.4. The standard InChI is InChI=1S/C13H17F3N2/c14-13(15,16)9-18(11-6-7-11)8-12(17)10-4-2-1-3-5-10/h1-5,11-12H,6-9,17H2/t12-/m0/s1. The van der Waals surface area contributed by atoms with E-state index in [1.165, 1.54) is 4.90 Å². The summed E-state index contributed by atoms with van der Waals surface area (Å²) in [6.45, 7) is -0.605. The van der Waals surface area contributed by atoms with E-state index in [1.807, 2.05) is 30.3 Å². The minimum atomic E-state index is -4.15. The van der Waals surface area contributed by atoms with Crippen molar-refractivity contribution >= 4 is 0 Å². The van der Waals surface area contributed by atoms with Crippen LogP contribution < -0.4 is 5.73 Å². The van der Waals surface area contributed by atoms with Gasteiger partial charge in [0.15, 0.2) is 0 Å². The third-order valence-corrected chi connectivity index (χ3v) is 3.10. The molecule has 0 aliphatic heterocycles. The van der Waals surface area contributed by atoms with E-state index in [4.69, 9.17) is 5.73 Å². The van der Waals surface area contributed by atoms with E-state index >= 15 is 0 Å². The molecule has 0 radical (unpaired) electrons. The van der Waals surface area contributed by atoms with Gasteiger partial charge < -0.3 is 5.73 Å². The van der Waals surface area contributed by atoms with Gasteiger partial charge >= 0.3 is 6.18 Å². The highest BCUT2D eigenvalue weighted by Crippen LogP contribution is 2.31. The maximum absolute atomic E-state index is 12.5. The van der Waals surface area contributed by atoms with Gasteiger partial charge in [-0.05, 0) is 18.4 Å². The Hall–Kier alpha value is -1.07. The van der Waals surface area contributed by atoms with Crippen LogP contribution in [0.2, 0.25) is 0 Å². The molecule has 0 bridgehead atoms. The quantitative estimate of drug-likeness (QED) is 0.880. The Labute approximate surface area is 105 Å². The molecule has 5 heteroatoms. The summed E-state index contributed by atoms with van der Waals surface area (Å²) in [5.74, 6) is 0. The van der Waals surface area contributed by atoms with Crippen LogP contribution in [-0.2, 0) is 0 Å². The van der Waals surface area contributed by atoms with Gasteiger partial charge in [-0.2, -0.15) is 13.2 Å². The van der Waals surface area contributed by atoms with Crippen molar-refractivity contribution in [2.75, 3.05) is 13.1 Å². The minimum absolute atomic E-state index is 0.0568. The van der Waals surface area contributed by atoms with Gasteiger partial charge in [-0.3, -0.25) is 4.90 Å². The highest BCUT2D eigenvalue weighted by atomic mass is 19.4. The van der Waals surface area contributed by atoms with Crippen LogP contribution in [0.3, 0.4) is 0 Å². The summed E-state index contributed by atoms with van der Waals surface area (Å²) in [5, 5.41) is 0. The van der Waals surface area contributed by atoms with Gasteiger partial charge in [0.25, 0.3) is 0 Å². The van der Waals surface area contributed by atoms with Gasteiger partial charge in [0.05, 0.1) is 6.54 Å². The molecule has 2 N–H and O–H groups in total. The van der Waals surface area contributed by atoms with Crippen LogP contribution in [0.15, 0.2) is 30.3 Å². The molecule has 0 spiro atoms. The van der Waals surface area contributed by atoms with Crippen molar-refractivity contribution in [3.63, 3.8) is 0 Å². The van der Waals surface area contributed by atoms with Crippen LogP contribution >= 0.6 is 0 Å². The van der Waals surface area contributed by atoms with Crippen molar-refractivity contribution in [2.24, 2.45) is 5.73 Å². The van der Waals surface area contributed by atoms with E-state index in [2.05, 4.69) is 0 Å². The van der Waals surface area contributed by atoms with Crippen molar-refractivity contribution in [2.45, 2.75) is 31.1 Å². The Morgan fingerprint density at radius 1 is 1.22 bits per heavy atom. The van der Waals surface area contributed by atoms with Gasteiger partial charge in [0.2, 0.25) is 0 Å². The van der Waals surface area contributed by atoms with Crippen LogP contribution in [0.4, 0.5) is 13.2 Å². The third-order valence-electron chi connectivity index (χ3n) is 3.10. The number of alkyl halides is 3. The molecule has 0 saturated heterocycles. The SMILES string of the molecule is N[C@@H](CN(CC(F)(F)F)C1CC1)c1ccccc1. The highest BCUT2D eigenvalue weighted by Gasteiger charge is 2.38. The van der Waals surface area contributed by atoms with Gasteiger partial charge in [-0.1, -0.05) is 30.3 Å². The lowest BCUT2D eigenvalue weighted by Gasteiger charge is -2.26. The average molecular weight is 258 g/mol. The molecule has 1 fully saturated rings. The highest BCUT2D eigenvalue weighted by molar-refractivity contribution is 5.18. The third kappa shape index (κ3) is 3.99. The second-order valence-corrected chi connectivity index (χ2v) is 4.79. The first-order chi connectivity index (χ1) is 8.46. The molecule has 0 amide bonds. The lowest BCUT2D eigenvalue weighted by atomic mass is 10.1. The van der Waals surface area contributed by atoms with Crippen LogP contribution in [0.1, 0.15) is 24.4 Å². The van der Waals surface area contributed by atoms with E-state index in [0.717, 1.165) is 18.4 Å². The van der Waals surface area contributed by atoms with E-state index in [9.17, 15) is 13.2 Å². The summed E-state index contributed by atoms with van der Waals surface area (Å²) in [5.41, 5.74) is 6.85. The number of benzene rings is 1. The summed E-state index contributed by atoms with van der Waals surface area (Å²) >= 11 is 0. The zero-order valence-electron chi connectivity index (χ0n) is 10.0. The molecule has 1 saturated carbocycles. The first-order valence-corrected chi connectivity index (χ1v) is 6.07. The number of halogens is 3. The molecular formula is C13H17F3N2. The van der Waals surface area contributed by atoms with Crippen LogP contribution in [-0.4, -0.2) is 30.2 Å². The molecule has 18 heavy (non-hydrogen) atoms. The molecule has 0 heterocycles. The maximum Gasteiger partial charge on any atom is 0.401 e. The lowest BCUT2D eigenvalue weighted by molar-refractivity contribution is -0.147. The van der Waals surface area contributed by atoms with Crippen molar-refractivity contribution in [3.8, 4) is 0 Å². The summed E-state index contributed by atoms with van der Waals surface area (Å²) in [6.07, 6.45) is -2.46. The smallest absolute Gasteiger partial charge is 0.323 e. The first kappa shape index (κ1) is 13.4. The number of rotatable bonds is 5. The number of hydrogen-bond acceptors (Lipinski definition) is 2. The zero-order valence-corrected chi connectivity index (χ0v) is 10.0. The van der Waals surface area contributed by atoms with E-state index < -0.39 is 12.7 Å². The number of nitrogens with two attached hydrogens (primary N) is 1. The van der Waals surface area contributed by atoms with Crippen LogP contribution in [0.5, 0.6) is 0 Å². The lowest BCUT2D eigenvalue weighted by Crippen LogP contribution is -2.40. The molecule has 2 rings (SSSR count). The second kappa shape index (κ2) is 5.28. The fourth-order valence-corrected chi connectivity index (χ4v) is 2.07. The van der Waals surface area contributed by atoms with Crippen molar-refractivity contribution < 1.29 is 13.2 Å². The monoisotopic (exact) mass is 258 g/mol. The van der Waals surface area contributed by atoms with Gasteiger partial charge in [-0.15, -0.1) is 0 Å². The maximum atomic E-state index is 12.5. The Kier molecular flexibility index (Phi) is 3.92. The molecule has 1 aliphatic carbocycles. The first-order valence-electron chi connectivity index (χ1n) is 6.07. The second-order valence-electron chi connectivity index (χ2n) is 4.79. The number of nitrogens with zero attached hydrogens (tertiary/aromatic N) is 1. The van der Waals surface area contributed by atoms with Crippen LogP contribution in [0.25, 0.3) is 0 Å². The van der Waals surface area contributed by atoms with Crippen molar-refractivity contribution in [1.29, 1.82) is 0 Å². The molecule has 1 atom stereocenters. The molecule has 100 valence electrons. The van der Waals surface area contributed by atoms with E-state index in [0.29, 0.717) is 0 Å². The predicted molar refractivity (Wildman–Crippen MR) is 64.0 cm³/mol. The molecule has 0 unspecified atom stereocenters. The van der Waals surface area contributed by atoms with Crippen molar-refractivity contribution in [1.82, 2.24) is 4.90 Å². The van der Waals surface area contributed by atoms with Crippen LogP contribution in [0, 0.1) is 0 Å². The van der Waals surface area contributed by atoms with Gasteiger partial charge in [0, 0.05) is 18.6 Å². The fourth-order valence-electron chi connectivity index (χ4n) is 2.07. The molecule has 1 aromatic rings. The predicted octanol–water partition coefficient (Wildman–Crippen LogP) is 2.71. The number of hydrogen-bond donors (Lipinski definition) is 1. The Balaban J connectivity index is 1.96. The van der Waals surface area contributed by atoms with Gasteiger partial charge in [0.1, 0.15) is 0 Å². The van der Waals surface area contributed by atoms with E-state index in [-0.39, 0.29) is 18.6 Å². The summed E-state index contributed by atoms with van der Waals surface area (Å²) in [4.78, 5) is 1.46. The normalized spacial score (nSPS) is 18.1. The fraction of sp³-hybridized carbons (Fsp3) is 0.538. The molecule has 2 nitrogen and oxygen atoms in total. The minimum Gasteiger partial charge on any atom is -0.323 e. The summed E-state index contributed by atoms with van der Waals surface area (Å²) in [7, 11) is 0. The molecule has 0 aromatic heterocycles. The topological polar surface area (TPSA) is 29.3 Å². The summed E-state index contributed by atoms with van der Waals surface area (Å²) in [6, 6.07) is 8.95. The Morgan fingerprint density at radius 3 is 2.33 bits per heavy atom. The average Bonchev–Trinajstić information content (AvgIpc) is 3.11.